The minimum absolute atomic E-state index is 0.0798. The molecule has 1 N–H and O–H groups in total. The van der Waals surface area contributed by atoms with E-state index in [0.29, 0.717) is 17.2 Å². The van der Waals surface area contributed by atoms with Crippen molar-refractivity contribution >= 4 is 5.70 Å². The number of methoxy groups -OCH3 is 1. The fourth-order valence-corrected chi connectivity index (χ4v) is 2.69. The van der Waals surface area contributed by atoms with Gasteiger partial charge in [-0.2, -0.15) is 15.8 Å². The first-order valence-electron chi connectivity index (χ1n) is 7.54. The molecule has 1 saturated carbocycles. The number of ether oxygens (including phenoxy) is 1. The van der Waals surface area contributed by atoms with Crippen LogP contribution in [0.3, 0.4) is 0 Å². The van der Waals surface area contributed by atoms with Crippen LogP contribution in [0.2, 0.25) is 0 Å². The van der Waals surface area contributed by atoms with Gasteiger partial charge in [-0.1, -0.05) is 0 Å². The Bertz CT molecular complexity index is 879. The van der Waals surface area contributed by atoms with Crippen LogP contribution in [-0.2, 0) is 0 Å². The molecule has 0 radical (unpaired) electrons. The van der Waals surface area contributed by atoms with E-state index in [9.17, 15) is 15.8 Å². The minimum Gasteiger partial charge on any atom is -0.497 e. The van der Waals surface area contributed by atoms with E-state index < -0.39 is 0 Å². The summed E-state index contributed by atoms with van der Waals surface area (Å²) in [5.74, 6) is 1.07. The summed E-state index contributed by atoms with van der Waals surface area (Å²) in [6.07, 6.45) is 4.00. The van der Waals surface area contributed by atoms with E-state index in [2.05, 4.69) is 11.4 Å². The van der Waals surface area contributed by atoms with Crippen LogP contribution >= 0.6 is 0 Å². The van der Waals surface area contributed by atoms with Crippen molar-refractivity contribution < 1.29 is 4.74 Å². The third-order valence-electron chi connectivity index (χ3n) is 4.10. The van der Waals surface area contributed by atoms with Crippen molar-refractivity contribution in [1.29, 1.82) is 15.8 Å². The molecule has 0 aromatic heterocycles. The SMILES string of the molecule is COc1ccc(C2=CC(C3CC3)=C(C#N)C(=C(C#N)C#N)N2)cc1. The Labute approximate surface area is 140 Å². The van der Waals surface area contributed by atoms with Gasteiger partial charge in [-0.05, 0) is 60.2 Å². The van der Waals surface area contributed by atoms with Crippen LogP contribution < -0.4 is 10.1 Å². The molecule has 2 aliphatic rings. The van der Waals surface area contributed by atoms with Crippen molar-refractivity contribution in [2.24, 2.45) is 5.92 Å². The fourth-order valence-electron chi connectivity index (χ4n) is 2.69. The highest BCUT2D eigenvalue weighted by Crippen LogP contribution is 2.43. The molecule has 1 aliphatic heterocycles. The summed E-state index contributed by atoms with van der Waals surface area (Å²) in [6.45, 7) is 0. The highest BCUT2D eigenvalue weighted by molar-refractivity contribution is 5.76. The molecule has 24 heavy (non-hydrogen) atoms. The monoisotopic (exact) mass is 314 g/mol. The van der Waals surface area contributed by atoms with Crippen LogP contribution in [0.1, 0.15) is 18.4 Å². The van der Waals surface area contributed by atoms with E-state index in [0.717, 1.165) is 35.4 Å². The number of hydrogen-bond donors (Lipinski definition) is 1. The molecule has 5 heteroatoms. The van der Waals surface area contributed by atoms with Crippen molar-refractivity contribution in [2.75, 3.05) is 7.11 Å². The number of allylic oxidation sites excluding steroid dienone is 4. The largest absolute Gasteiger partial charge is 0.497 e. The Morgan fingerprint density at radius 1 is 1.12 bits per heavy atom. The number of nitriles is 3. The lowest BCUT2D eigenvalue weighted by atomic mass is 9.93. The van der Waals surface area contributed by atoms with Gasteiger partial charge >= 0.3 is 0 Å². The normalized spacial score (nSPS) is 16.2. The molecule has 0 unspecified atom stereocenters. The van der Waals surface area contributed by atoms with Crippen molar-refractivity contribution in [3.05, 3.63) is 58.3 Å². The van der Waals surface area contributed by atoms with E-state index in [1.807, 2.05) is 42.5 Å². The van der Waals surface area contributed by atoms with Gasteiger partial charge < -0.3 is 10.1 Å². The van der Waals surface area contributed by atoms with E-state index in [1.165, 1.54) is 0 Å². The van der Waals surface area contributed by atoms with Crippen LogP contribution in [0, 0.1) is 39.9 Å². The Balaban J connectivity index is 2.13. The van der Waals surface area contributed by atoms with Crippen LogP contribution in [-0.4, -0.2) is 7.11 Å². The zero-order chi connectivity index (χ0) is 17.1. The average Bonchev–Trinajstić information content (AvgIpc) is 3.47. The van der Waals surface area contributed by atoms with Gasteiger partial charge in [0.05, 0.1) is 18.4 Å². The van der Waals surface area contributed by atoms with Crippen LogP contribution in [0.25, 0.3) is 5.70 Å². The Kier molecular flexibility index (Phi) is 4.06. The van der Waals surface area contributed by atoms with Gasteiger partial charge in [0.15, 0.2) is 5.57 Å². The van der Waals surface area contributed by atoms with Crippen LogP contribution in [0.15, 0.2) is 52.8 Å². The molecule has 1 aliphatic carbocycles. The highest BCUT2D eigenvalue weighted by atomic mass is 16.5. The molecule has 3 rings (SSSR count). The van der Waals surface area contributed by atoms with E-state index in [1.54, 1.807) is 7.11 Å². The van der Waals surface area contributed by atoms with Crippen molar-refractivity contribution in [2.45, 2.75) is 12.8 Å². The van der Waals surface area contributed by atoms with Gasteiger partial charge in [-0.25, -0.2) is 0 Å². The second-order valence-corrected chi connectivity index (χ2v) is 5.60. The quantitative estimate of drug-likeness (QED) is 0.865. The number of nitrogens with one attached hydrogen (secondary N) is 1. The second kappa shape index (κ2) is 6.32. The second-order valence-electron chi connectivity index (χ2n) is 5.60. The Hall–Kier alpha value is -3.49. The zero-order valence-electron chi connectivity index (χ0n) is 13.1. The smallest absolute Gasteiger partial charge is 0.154 e. The van der Waals surface area contributed by atoms with Crippen molar-refractivity contribution in [1.82, 2.24) is 5.32 Å². The van der Waals surface area contributed by atoms with Gasteiger partial charge in [0.2, 0.25) is 0 Å². The van der Waals surface area contributed by atoms with Gasteiger partial charge in [0, 0.05) is 5.70 Å². The summed E-state index contributed by atoms with van der Waals surface area (Å²) in [5.41, 5.74) is 3.20. The molecular weight excluding hydrogens is 300 g/mol. The maximum atomic E-state index is 9.53. The Morgan fingerprint density at radius 2 is 1.79 bits per heavy atom. The number of rotatable bonds is 3. The third-order valence-corrected chi connectivity index (χ3v) is 4.10. The predicted molar refractivity (Wildman–Crippen MR) is 87.7 cm³/mol. The molecule has 1 aromatic rings. The summed E-state index contributed by atoms with van der Waals surface area (Å²) in [5, 5.41) is 31.1. The summed E-state index contributed by atoms with van der Waals surface area (Å²) < 4.78 is 5.17. The molecule has 5 nitrogen and oxygen atoms in total. The molecule has 1 aromatic carbocycles. The molecule has 1 heterocycles. The molecule has 0 atom stereocenters. The van der Waals surface area contributed by atoms with Crippen LogP contribution in [0.4, 0.5) is 0 Å². The lowest BCUT2D eigenvalue weighted by Crippen LogP contribution is -2.21. The van der Waals surface area contributed by atoms with Gasteiger partial charge in [0.25, 0.3) is 0 Å². The van der Waals surface area contributed by atoms with E-state index in [-0.39, 0.29) is 5.57 Å². The minimum atomic E-state index is -0.0798. The van der Waals surface area contributed by atoms with Gasteiger partial charge in [-0.15, -0.1) is 0 Å². The van der Waals surface area contributed by atoms with Gasteiger partial charge in [0.1, 0.15) is 24.0 Å². The Morgan fingerprint density at radius 3 is 2.29 bits per heavy atom. The molecule has 116 valence electrons. The standard InChI is InChI=1S/C19H14N4O/c1-24-15-6-4-13(5-7-15)18-8-16(12-2-3-12)17(11-22)19(23-18)14(9-20)10-21/h4-8,12,23H,2-3H2,1H3. The lowest BCUT2D eigenvalue weighted by molar-refractivity contribution is 0.415. The predicted octanol–water partition coefficient (Wildman–Crippen LogP) is 3.17. The molecule has 0 amide bonds. The van der Waals surface area contributed by atoms with Crippen molar-refractivity contribution in [3.8, 4) is 24.0 Å². The number of nitrogens with zero attached hydrogens (tertiary/aromatic N) is 3. The fraction of sp³-hybridized carbons (Fsp3) is 0.211. The third kappa shape index (κ3) is 2.74. The number of benzene rings is 1. The first-order chi connectivity index (χ1) is 11.7. The number of hydrogen-bond acceptors (Lipinski definition) is 5. The molecule has 0 bridgehead atoms. The summed E-state index contributed by atoms with van der Waals surface area (Å²) in [4.78, 5) is 0. The summed E-state index contributed by atoms with van der Waals surface area (Å²) >= 11 is 0. The molecular formula is C19H14N4O. The van der Waals surface area contributed by atoms with Crippen molar-refractivity contribution in [3.63, 3.8) is 0 Å². The summed E-state index contributed by atoms with van der Waals surface area (Å²) in [7, 11) is 1.60. The molecule has 0 spiro atoms. The summed E-state index contributed by atoms with van der Waals surface area (Å²) in [6, 6.07) is 13.4. The number of dihydropyridines is 1. The van der Waals surface area contributed by atoms with E-state index in [4.69, 9.17) is 4.74 Å². The zero-order valence-corrected chi connectivity index (χ0v) is 13.1. The maximum Gasteiger partial charge on any atom is 0.154 e. The average molecular weight is 314 g/mol. The molecule has 1 fully saturated rings. The first-order valence-corrected chi connectivity index (χ1v) is 7.54. The van der Waals surface area contributed by atoms with Gasteiger partial charge in [-0.3, -0.25) is 0 Å². The van der Waals surface area contributed by atoms with E-state index >= 15 is 0 Å². The topological polar surface area (TPSA) is 92.6 Å². The molecule has 0 saturated heterocycles. The highest BCUT2D eigenvalue weighted by Gasteiger charge is 2.32. The van der Waals surface area contributed by atoms with Crippen LogP contribution in [0.5, 0.6) is 5.75 Å². The first kappa shape index (κ1) is 15.4. The lowest BCUT2D eigenvalue weighted by Gasteiger charge is -2.22. The maximum absolute atomic E-state index is 9.53.